The molecular formula is C8H7BO3. The summed E-state index contributed by atoms with van der Waals surface area (Å²) in [5.74, 6) is -0.639. The predicted octanol–water partition coefficient (Wildman–Crippen LogP) is 0.419. The van der Waals surface area contributed by atoms with E-state index in [-0.39, 0.29) is 6.61 Å². The van der Waals surface area contributed by atoms with Gasteiger partial charge in [-0.25, -0.2) is 4.79 Å². The summed E-state index contributed by atoms with van der Waals surface area (Å²) in [6.45, 7) is -0.203. The highest BCUT2D eigenvalue weighted by Crippen LogP contribution is 2.09. The molecule has 0 atom stereocenters. The van der Waals surface area contributed by atoms with Crippen molar-refractivity contribution in [3.05, 3.63) is 35.4 Å². The highest BCUT2D eigenvalue weighted by atomic mass is 16.5. The number of carbonyl (C=O) groups is 1. The third kappa shape index (κ3) is 1.65. The Bertz CT molecular complexity index is 285. The first-order chi connectivity index (χ1) is 5.79. The minimum Gasteiger partial charge on any atom is -0.540 e. The number of aliphatic hydroxyl groups excluding tert-OH is 1. The zero-order chi connectivity index (χ0) is 8.97. The first kappa shape index (κ1) is 8.81. The van der Waals surface area contributed by atoms with Gasteiger partial charge in [-0.3, -0.25) is 0 Å². The molecule has 12 heavy (non-hydrogen) atoms. The average Bonchev–Trinajstić information content (AvgIpc) is 2.16. The number of rotatable bonds is 2. The molecule has 0 aliphatic rings. The standard InChI is InChI=1S/C8H7BO3/c9-12-8(11)7-4-2-1-3-6(7)5-10/h1-4,10H,5H2. The molecule has 1 aromatic rings. The second kappa shape index (κ2) is 3.92. The summed E-state index contributed by atoms with van der Waals surface area (Å²) < 4.78 is 4.03. The Morgan fingerprint density at radius 3 is 2.75 bits per heavy atom. The van der Waals surface area contributed by atoms with Crippen molar-refractivity contribution in [1.82, 2.24) is 0 Å². The highest BCUT2D eigenvalue weighted by Gasteiger charge is 2.08. The van der Waals surface area contributed by atoms with E-state index < -0.39 is 5.97 Å². The number of aliphatic hydroxyl groups is 1. The summed E-state index contributed by atoms with van der Waals surface area (Å²) in [4.78, 5) is 10.9. The number of hydrogen-bond acceptors (Lipinski definition) is 3. The van der Waals surface area contributed by atoms with E-state index in [4.69, 9.17) is 13.2 Å². The fourth-order valence-corrected chi connectivity index (χ4v) is 0.921. The van der Waals surface area contributed by atoms with Crippen molar-refractivity contribution >= 4 is 14.0 Å². The largest absolute Gasteiger partial charge is 0.540 e. The van der Waals surface area contributed by atoms with Crippen molar-refractivity contribution in [2.24, 2.45) is 0 Å². The van der Waals surface area contributed by atoms with Crippen molar-refractivity contribution < 1.29 is 14.6 Å². The van der Waals surface area contributed by atoms with Gasteiger partial charge in [-0.15, -0.1) is 0 Å². The van der Waals surface area contributed by atoms with Gasteiger partial charge >= 0.3 is 14.0 Å². The van der Waals surface area contributed by atoms with E-state index in [1.165, 1.54) is 0 Å². The summed E-state index contributed by atoms with van der Waals surface area (Å²) in [5.41, 5.74) is 0.801. The predicted molar refractivity (Wildman–Crippen MR) is 43.5 cm³/mol. The molecule has 4 heteroatoms. The number of hydrogen-bond donors (Lipinski definition) is 1. The molecule has 0 heterocycles. The van der Waals surface area contributed by atoms with E-state index in [9.17, 15) is 4.79 Å². The van der Waals surface area contributed by atoms with Gasteiger partial charge in [0.1, 0.15) is 0 Å². The van der Waals surface area contributed by atoms with E-state index in [2.05, 4.69) is 4.65 Å². The van der Waals surface area contributed by atoms with E-state index in [1.54, 1.807) is 24.3 Å². The summed E-state index contributed by atoms with van der Waals surface area (Å²) >= 11 is 0. The molecule has 0 saturated heterocycles. The van der Waals surface area contributed by atoms with Gasteiger partial charge in [0.15, 0.2) is 0 Å². The summed E-state index contributed by atoms with van der Waals surface area (Å²) in [7, 11) is 4.70. The Labute approximate surface area is 71.4 Å². The molecule has 0 aromatic heterocycles. The van der Waals surface area contributed by atoms with Crippen LogP contribution in [0.3, 0.4) is 0 Å². The molecule has 0 fully saturated rings. The Kier molecular flexibility index (Phi) is 2.88. The molecule has 0 aliphatic heterocycles. The lowest BCUT2D eigenvalue weighted by Crippen LogP contribution is -2.05. The van der Waals surface area contributed by atoms with E-state index in [0.717, 1.165) is 0 Å². The molecular weight excluding hydrogens is 155 g/mol. The number of benzene rings is 1. The Hall–Kier alpha value is -1.29. The Balaban J connectivity index is 3.04. The lowest BCUT2D eigenvalue weighted by molar-refractivity contribution is 0.0746. The monoisotopic (exact) mass is 162 g/mol. The first-order valence-electron chi connectivity index (χ1n) is 3.39. The minimum atomic E-state index is -0.639. The van der Waals surface area contributed by atoms with Gasteiger partial charge in [0.2, 0.25) is 0 Å². The second-order valence-corrected chi connectivity index (χ2v) is 2.22. The fraction of sp³-hybridized carbons (Fsp3) is 0.125. The Morgan fingerprint density at radius 1 is 1.50 bits per heavy atom. The molecule has 0 saturated carbocycles. The van der Waals surface area contributed by atoms with Crippen LogP contribution in [0, 0.1) is 0 Å². The van der Waals surface area contributed by atoms with Crippen LogP contribution >= 0.6 is 0 Å². The molecule has 60 valence electrons. The SMILES string of the molecule is [B]OC(=O)c1ccccc1CO. The smallest absolute Gasteiger partial charge is 0.378 e. The van der Waals surface area contributed by atoms with Crippen LogP contribution in [0.1, 0.15) is 15.9 Å². The molecule has 0 aliphatic carbocycles. The van der Waals surface area contributed by atoms with Gasteiger partial charge in [-0.2, -0.15) is 0 Å². The zero-order valence-electron chi connectivity index (χ0n) is 6.36. The second-order valence-electron chi connectivity index (χ2n) is 2.22. The maximum Gasteiger partial charge on any atom is 0.378 e. The average molecular weight is 162 g/mol. The van der Waals surface area contributed by atoms with Crippen LogP contribution in [-0.4, -0.2) is 19.1 Å². The van der Waals surface area contributed by atoms with Gasteiger partial charge in [-0.1, -0.05) is 18.2 Å². The van der Waals surface area contributed by atoms with Crippen molar-refractivity contribution in [1.29, 1.82) is 0 Å². The Morgan fingerprint density at radius 2 is 2.17 bits per heavy atom. The molecule has 1 aromatic carbocycles. The first-order valence-corrected chi connectivity index (χ1v) is 3.39. The van der Waals surface area contributed by atoms with Crippen LogP contribution in [0.25, 0.3) is 0 Å². The van der Waals surface area contributed by atoms with Crippen LogP contribution in [0.4, 0.5) is 0 Å². The molecule has 0 unspecified atom stereocenters. The van der Waals surface area contributed by atoms with Crippen LogP contribution in [0.15, 0.2) is 24.3 Å². The van der Waals surface area contributed by atoms with E-state index in [0.29, 0.717) is 11.1 Å². The summed E-state index contributed by atoms with van der Waals surface area (Å²) in [6, 6.07) is 6.57. The molecule has 1 N–H and O–H groups in total. The lowest BCUT2D eigenvalue weighted by Gasteiger charge is -2.03. The van der Waals surface area contributed by atoms with E-state index in [1.807, 2.05) is 0 Å². The van der Waals surface area contributed by atoms with Crippen LogP contribution < -0.4 is 0 Å². The third-order valence-corrected chi connectivity index (χ3v) is 1.51. The molecule has 0 amide bonds. The van der Waals surface area contributed by atoms with Gasteiger partial charge in [-0.05, 0) is 11.6 Å². The number of carbonyl (C=O) groups excluding carboxylic acids is 1. The summed E-state index contributed by atoms with van der Waals surface area (Å²) in [5, 5.41) is 8.81. The van der Waals surface area contributed by atoms with Crippen LogP contribution in [0.5, 0.6) is 0 Å². The van der Waals surface area contributed by atoms with Gasteiger partial charge in [0, 0.05) is 0 Å². The van der Waals surface area contributed by atoms with Gasteiger partial charge in [0.25, 0.3) is 0 Å². The maximum atomic E-state index is 10.9. The molecule has 1 rings (SSSR count). The van der Waals surface area contributed by atoms with Crippen molar-refractivity contribution in [3.8, 4) is 0 Å². The van der Waals surface area contributed by atoms with Crippen molar-refractivity contribution in [3.63, 3.8) is 0 Å². The molecule has 2 radical (unpaired) electrons. The fourth-order valence-electron chi connectivity index (χ4n) is 0.921. The molecule has 0 bridgehead atoms. The topological polar surface area (TPSA) is 46.5 Å². The normalized spacial score (nSPS) is 9.42. The highest BCUT2D eigenvalue weighted by molar-refractivity contribution is 6.09. The molecule has 3 nitrogen and oxygen atoms in total. The lowest BCUT2D eigenvalue weighted by atomic mass is 10.1. The maximum absolute atomic E-state index is 10.9. The van der Waals surface area contributed by atoms with E-state index >= 15 is 0 Å². The van der Waals surface area contributed by atoms with Crippen molar-refractivity contribution in [2.75, 3.05) is 0 Å². The quantitative estimate of drug-likeness (QED) is 0.641. The zero-order valence-corrected chi connectivity index (χ0v) is 6.36. The summed E-state index contributed by atoms with van der Waals surface area (Å²) in [6.07, 6.45) is 0. The van der Waals surface area contributed by atoms with Crippen LogP contribution in [0.2, 0.25) is 0 Å². The molecule has 0 spiro atoms. The third-order valence-electron chi connectivity index (χ3n) is 1.51. The van der Waals surface area contributed by atoms with Gasteiger partial charge in [0.05, 0.1) is 12.2 Å². The minimum absolute atomic E-state index is 0.203. The van der Waals surface area contributed by atoms with Crippen LogP contribution in [-0.2, 0) is 11.3 Å². The van der Waals surface area contributed by atoms with Gasteiger partial charge < -0.3 is 9.76 Å². The van der Waals surface area contributed by atoms with Crippen molar-refractivity contribution in [2.45, 2.75) is 6.61 Å².